The molecule has 5 heteroatoms. The van der Waals surface area contributed by atoms with Crippen molar-refractivity contribution in [3.63, 3.8) is 0 Å². The van der Waals surface area contributed by atoms with Crippen LogP contribution in [0.2, 0.25) is 5.02 Å². The second kappa shape index (κ2) is 4.47. The Bertz CT molecular complexity index is 723. The summed E-state index contributed by atoms with van der Waals surface area (Å²) in [6.45, 7) is 0. The van der Waals surface area contributed by atoms with Crippen molar-refractivity contribution in [3.8, 4) is 0 Å². The zero-order chi connectivity index (χ0) is 13.6. The first-order valence-corrected chi connectivity index (χ1v) is 6.70. The first-order chi connectivity index (χ1) is 9.09. The minimum Gasteiger partial charge on any atom is -0.618 e. The summed E-state index contributed by atoms with van der Waals surface area (Å²) in [7, 11) is 0. The molecular formula is C14H7BrClNO2. The molecule has 0 saturated heterocycles. The molecule has 94 valence electrons. The number of halogens is 2. The third-order valence-electron chi connectivity index (χ3n) is 2.97. The zero-order valence-corrected chi connectivity index (χ0v) is 11.9. The van der Waals surface area contributed by atoms with Crippen LogP contribution >= 0.6 is 27.5 Å². The third-order valence-corrected chi connectivity index (χ3v) is 3.80. The molecule has 3 rings (SSSR count). The van der Waals surface area contributed by atoms with Crippen LogP contribution < -0.4 is 0 Å². The Kier molecular flexibility index (Phi) is 2.92. The molecule has 0 aromatic heterocycles. The lowest BCUT2D eigenvalue weighted by Gasteiger charge is -2.03. The fraction of sp³-hybridized carbons (Fsp3) is 0. The fourth-order valence-corrected chi connectivity index (χ4v) is 2.61. The molecule has 3 nitrogen and oxygen atoms in total. The van der Waals surface area contributed by atoms with Gasteiger partial charge in [-0.25, -0.2) is 0 Å². The van der Waals surface area contributed by atoms with E-state index in [-0.39, 0.29) is 22.2 Å². The maximum Gasteiger partial charge on any atom is 0.272 e. The monoisotopic (exact) mass is 335 g/mol. The molecule has 1 heterocycles. The number of Topliss-reactive ketones (excluding diaryl/α,β-unsaturated/α-hetero) is 1. The molecule has 0 saturated carbocycles. The normalized spacial score (nSPS) is 13.9. The Balaban J connectivity index is 2.22. The van der Waals surface area contributed by atoms with Crippen LogP contribution in [0.15, 0.2) is 46.9 Å². The van der Waals surface area contributed by atoms with Crippen molar-refractivity contribution < 1.29 is 9.53 Å². The summed E-state index contributed by atoms with van der Waals surface area (Å²) in [4.78, 5) is 12.3. The fourth-order valence-electron chi connectivity index (χ4n) is 2.09. The lowest BCUT2D eigenvalue weighted by atomic mass is 10.0. The van der Waals surface area contributed by atoms with Gasteiger partial charge in [-0.2, -0.15) is 4.74 Å². The van der Waals surface area contributed by atoms with Crippen molar-refractivity contribution in [2.75, 3.05) is 0 Å². The van der Waals surface area contributed by atoms with Crippen LogP contribution in [0.3, 0.4) is 0 Å². The average molecular weight is 337 g/mol. The van der Waals surface area contributed by atoms with E-state index in [1.54, 1.807) is 42.5 Å². The Morgan fingerprint density at radius 1 is 1.11 bits per heavy atom. The molecule has 2 aromatic carbocycles. The molecule has 0 N–H and O–H groups in total. The number of carbonyl (C=O) groups is 1. The minimum absolute atomic E-state index is 0.107. The summed E-state index contributed by atoms with van der Waals surface area (Å²) >= 11 is 9.31. The number of rotatable bonds is 1. The first kappa shape index (κ1) is 12.4. The lowest BCUT2D eigenvalue weighted by molar-refractivity contribution is -0.355. The quantitative estimate of drug-likeness (QED) is 0.585. The molecule has 0 bridgehead atoms. The van der Waals surface area contributed by atoms with Crippen molar-refractivity contribution >= 4 is 44.7 Å². The highest BCUT2D eigenvalue weighted by atomic mass is 79.9. The van der Waals surface area contributed by atoms with Crippen molar-refractivity contribution in [1.82, 2.24) is 0 Å². The van der Waals surface area contributed by atoms with E-state index in [1.165, 1.54) is 0 Å². The van der Waals surface area contributed by atoms with E-state index < -0.39 is 0 Å². The van der Waals surface area contributed by atoms with Crippen LogP contribution in [-0.4, -0.2) is 16.2 Å². The van der Waals surface area contributed by atoms with Gasteiger partial charge in [0.15, 0.2) is 0 Å². The summed E-state index contributed by atoms with van der Waals surface area (Å²) < 4.78 is 1.50. The van der Waals surface area contributed by atoms with Gasteiger partial charge in [0.25, 0.3) is 11.5 Å². The van der Waals surface area contributed by atoms with Gasteiger partial charge in [0.05, 0.1) is 5.56 Å². The number of ketones is 1. The molecule has 0 amide bonds. The zero-order valence-electron chi connectivity index (χ0n) is 9.56. The van der Waals surface area contributed by atoms with Gasteiger partial charge in [0.2, 0.25) is 5.69 Å². The van der Waals surface area contributed by atoms with Crippen LogP contribution in [0.5, 0.6) is 0 Å². The largest absolute Gasteiger partial charge is 0.618 e. The molecule has 2 aromatic rings. The molecule has 0 fully saturated rings. The van der Waals surface area contributed by atoms with E-state index in [0.717, 1.165) is 4.47 Å². The first-order valence-electron chi connectivity index (χ1n) is 5.53. The number of benzene rings is 2. The van der Waals surface area contributed by atoms with Crippen molar-refractivity contribution in [1.29, 1.82) is 0 Å². The molecule has 0 radical (unpaired) electrons. The van der Waals surface area contributed by atoms with Gasteiger partial charge < -0.3 is 5.21 Å². The van der Waals surface area contributed by atoms with Gasteiger partial charge >= 0.3 is 0 Å². The van der Waals surface area contributed by atoms with Gasteiger partial charge in [-0.3, -0.25) is 4.79 Å². The van der Waals surface area contributed by atoms with Crippen molar-refractivity contribution in [3.05, 3.63) is 68.3 Å². The van der Waals surface area contributed by atoms with Gasteiger partial charge in [0.1, 0.15) is 10.6 Å². The van der Waals surface area contributed by atoms with Crippen molar-refractivity contribution in [2.45, 2.75) is 0 Å². The van der Waals surface area contributed by atoms with Gasteiger partial charge in [-0.05, 0) is 36.4 Å². The predicted octanol–water partition coefficient (Wildman–Crippen LogP) is 3.93. The number of nitrogens with zero attached hydrogens (tertiary/aromatic N) is 1. The summed E-state index contributed by atoms with van der Waals surface area (Å²) in [6, 6.07) is 11.9. The highest BCUT2D eigenvalue weighted by molar-refractivity contribution is 9.10. The maximum absolute atomic E-state index is 12.3. The second-order valence-electron chi connectivity index (χ2n) is 4.12. The van der Waals surface area contributed by atoms with Gasteiger partial charge in [-0.15, -0.1) is 0 Å². The van der Waals surface area contributed by atoms with E-state index >= 15 is 0 Å². The molecule has 0 spiro atoms. The maximum atomic E-state index is 12.3. The number of hydrogen-bond donors (Lipinski definition) is 0. The van der Waals surface area contributed by atoms with Crippen LogP contribution in [0.25, 0.3) is 0 Å². The third kappa shape index (κ3) is 1.88. The Morgan fingerprint density at radius 3 is 2.42 bits per heavy atom. The topological polar surface area (TPSA) is 43.1 Å². The van der Waals surface area contributed by atoms with Gasteiger partial charge in [0, 0.05) is 4.47 Å². The molecule has 1 aliphatic rings. The van der Waals surface area contributed by atoms with E-state index in [9.17, 15) is 10.0 Å². The predicted molar refractivity (Wildman–Crippen MR) is 77.3 cm³/mol. The summed E-state index contributed by atoms with van der Waals surface area (Å²) in [5.41, 5.74) is 1.26. The van der Waals surface area contributed by atoms with Crippen LogP contribution in [0, 0.1) is 5.21 Å². The summed E-state index contributed by atoms with van der Waals surface area (Å²) in [5, 5.41) is 12.6. The smallest absolute Gasteiger partial charge is 0.272 e. The Labute approximate surface area is 122 Å². The Morgan fingerprint density at radius 2 is 1.79 bits per heavy atom. The van der Waals surface area contributed by atoms with Gasteiger partial charge in [-0.1, -0.05) is 33.6 Å². The van der Waals surface area contributed by atoms with E-state index in [1.807, 2.05) is 0 Å². The molecule has 19 heavy (non-hydrogen) atoms. The molecule has 0 atom stereocenters. The van der Waals surface area contributed by atoms with E-state index in [0.29, 0.717) is 15.9 Å². The molecular weight excluding hydrogens is 330 g/mol. The summed E-state index contributed by atoms with van der Waals surface area (Å²) in [6.07, 6.45) is 0. The number of hydrogen-bond acceptors (Lipinski definition) is 2. The standard InChI is InChI=1S/C14H7BrClNO2/c15-9-6-4-8(5-7-9)12-14(18)10-2-1-3-11(16)13(10)17(12)19/h1-7H. The van der Waals surface area contributed by atoms with Crippen LogP contribution in [0.1, 0.15) is 15.9 Å². The summed E-state index contributed by atoms with van der Waals surface area (Å²) in [5.74, 6) is -0.296. The van der Waals surface area contributed by atoms with Crippen molar-refractivity contribution in [2.24, 2.45) is 0 Å². The van der Waals surface area contributed by atoms with E-state index in [2.05, 4.69) is 15.9 Å². The Hall–Kier alpha value is -1.65. The van der Waals surface area contributed by atoms with Crippen LogP contribution in [0.4, 0.5) is 5.69 Å². The van der Waals surface area contributed by atoms with E-state index in [4.69, 9.17) is 11.6 Å². The number of carbonyl (C=O) groups excluding carboxylic acids is 1. The highest BCUT2D eigenvalue weighted by Gasteiger charge is 2.37. The number of fused-ring (bicyclic) bond motifs is 1. The minimum atomic E-state index is -0.296. The molecule has 0 unspecified atom stereocenters. The number of para-hydroxylation sites is 1. The SMILES string of the molecule is O=C1C(c2ccc(Br)cc2)=[N+]([O-])c2c(Cl)cccc21. The lowest BCUT2D eigenvalue weighted by Crippen LogP contribution is -2.16. The van der Waals surface area contributed by atoms with Crippen LogP contribution in [-0.2, 0) is 0 Å². The molecule has 1 aliphatic heterocycles. The molecule has 0 aliphatic carbocycles. The second-order valence-corrected chi connectivity index (χ2v) is 5.44. The average Bonchev–Trinajstić information content (AvgIpc) is 2.65. The highest BCUT2D eigenvalue weighted by Crippen LogP contribution is 2.34.